The minimum atomic E-state index is -0.839. The number of carbonyl (C=O) groups excluding carboxylic acids is 3. The van der Waals surface area contributed by atoms with Crippen molar-refractivity contribution >= 4 is 17.7 Å². The van der Waals surface area contributed by atoms with Gasteiger partial charge in [-0.1, -0.05) is 43.2 Å². The van der Waals surface area contributed by atoms with Crippen molar-refractivity contribution in [1.82, 2.24) is 24.7 Å². The molecule has 9 heteroatoms. The quantitative estimate of drug-likeness (QED) is 0.681. The van der Waals surface area contributed by atoms with Crippen LogP contribution in [0.2, 0.25) is 0 Å². The summed E-state index contributed by atoms with van der Waals surface area (Å²) in [5.74, 6) is -0.521. The largest absolute Gasteiger partial charge is 0.368 e. The molecule has 3 atom stereocenters. The fourth-order valence-corrected chi connectivity index (χ4v) is 5.04. The molecule has 1 unspecified atom stereocenters. The van der Waals surface area contributed by atoms with E-state index in [0.717, 1.165) is 25.7 Å². The summed E-state index contributed by atoms with van der Waals surface area (Å²) in [6, 6.07) is 8.36. The highest BCUT2D eigenvalue weighted by atomic mass is 16.2. The summed E-state index contributed by atoms with van der Waals surface area (Å²) < 4.78 is 1.73. The molecule has 1 saturated carbocycles. The summed E-state index contributed by atoms with van der Waals surface area (Å²) in [4.78, 5) is 46.5. The third-order valence-corrected chi connectivity index (χ3v) is 6.85. The van der Waals surface area contributed by atoms with Crippen LogP contribution < -0.4 is 11.1 Å². The number of hydrogen-bond acceptors (Lipinski definition) is 5. The molecule has 0 spiro atoms. The fraction of sp³-hybridized carbons (Fsp3) is 0.500. The second kappa shape index (κ2) is 10.2. The Balaban J connectivity index is 1.40. The lowest BCUT2D eigenvalue weighted by Gasteiger charge is -2.43. The number of benzene rings is 1. The van der Waals surface area contributed by atoms with Crippen LogP contribution in [0, 0.1) is 5.92 Å². The molecule has 0 radical (unpaired) electrons. The Bertz CT molecular complexity index is 983. The molecule has 2 fully saturated rings. The van der Waals surface area contributed by atoms with Gasteiger partial charge in [-0.05, 0) is 18.4 Å². The Morgan fingerprint density at radius 3 is 2.39 bits per heavy atom. The molecule has 33 heavy (non-hydrogen) atoms. The van der Waals surface area contributed by atoms with Gasteiger partial charge in [0.15, 0.2) is 5.82 Å². The van der Waals surface area contributed by atoms with Gasteiger partial charge in [-0.25, -0.2) is 4.98 Å². The maximum atomic E-state index is 13.3. The number of rotatable bonds is 6. The molecule has 2 aliphatic rings. The van der Waals surface area contributed by atoms with E-state index < -0.39 is 11.9 Å². The average molecular weight is 453 g/mol. The fourth-order valence-electron chi connectivity index (χ4n) is 5.04. The Labute approximate surface area is 193 Å². The molecule has 2 heterocycles. The number of primary amides is 1. The van der Waals surface area contributed by atoms with Crippen LogP contribution in [0.3, 0.4) is 0 Å². The molecule has 3 N–H and O–H groups in total. The van der Waals surface area contributed by atoms with Crippen molar-refractivity contribution in [1.29, 1.82) is 0 Å². The summed E-state index contributed by atoms with van der Waals surface area (Å²) in [6.07, 6.45) is 7.16. The lowest BCUT2D eigenvalue weighted by molar-refractivity contribution is -0.133. The number of nitrogens with one attached hydrogen (secondary N) is 1. The van der Waals surface area contributed by atoms with Gasteiger partial charge in [-0.3, -0.25) is 19.3 Å². The number of nitrogens with zero attached hydrogens (tertiary/aromatic N) is 4. The van der Waals surface area contributed by atoms with E-state index in [9.17, 15) is 14.4 Å². The maximum Gasteiger partial charge on any atom is 0.289 e. The molecule has 1 aliphatic heterocycles. The van der Waals surface area contributed by atoms with E-state index >= 15 is 0 Å². The molecule has 1 aromatic carbocycles. The molecule has 9 nitrogen and oxygen atoms in total. The van der Waals surface area contributed by atoms with E-state index in [0.29, 0.717) is 37.6 Å². The Morgan fingerprint density at radius 1 is 1.06 bits per heavy atom. The first-order chi connectivity index (χ1) is 16.0. The zero-order valence-electron chi connectivity index (χ0n) is 19.0. The van der Waals surface area contributed by atoms with Crippen LogP contribution in [0.4, 0.5) is 0 Å². The number of amides is 3. The van der Waals surface area contributed by atoms with Crippen molar-refractivity contribution in [2.75, 3.05) is 26.2 Å². The van der Waals surface area contributed by atoms with Crippen molar-refractivity contribution in [3.63, 3.8) is 0 Å². The van der Waals surface area contributed by atoms with Gasteiger partial charge in [0.1, 0.15) is 6.04 Å². The minimum absolute atomic E-state index is 0.0627. The number of piperazine rings is 1. The number of hydrogen-bond donors (Lipinski definition) is 2. The van der Waals surface area contributed by atoms with Gasteiger partial charge >= 0.3 is 0 Å². The Morgan fingerprint density at radius 2 is 1.76 bits per heavy atom. The van der Waals surface area contributed by atoms with Crippen LogP contribution in [0.15, 0.2) is 42.7 Å². The number of nitrogens with two attached hydrogens (primary N) is 1. The maximum absolute atomic E-state index is 13.3. The molecule has 1 saturated heterocycles. The van der Waals surface area contributed by atoms with Gasteiger partial charge in [0.05, 0.1) is 5.92 Å². The SMILES string of the molecule is Cn1ccnc1C(=O)N1CCN(C2CCCC[C@H]2C(=O)N[C@H](C(N)=O)c2ccccc2)CC1. The van der Waals surface area contributed by atoms with Crippen LogP contribution in [0.5, 0.6) is 0 Å². The van der Waals surface area contributed by atoms with Gasteiger partial charge in [0, 0.05) is 51.7 Å². The Hall–Kier alpha value is -3.20. The number of carbonyl (C=O) groups is 3. The minimum Gasteiger partial charge on any atom is -0.368 e. The normalized spacial score (nSPS) is 22.5. The van der Waals surface area contributed by atoms with E-state index in [2.05, 4.69) is 15.2 Å². The molecule has 1 aliphatic carbocycles. The first kappa shape index (κ1) is 23.0. The highest BCUT2D eigenvalue weighted by Crippen LogP contribution is 2.30. The Kier molecular flexibility index (Phi) is 7.08. The molecule has 3 amide bonds. The first-order valence-electron chi connectivity index (χ1n) is 11.6. The highest BCUT2D eigenvalue weighted by molar-refractivity contribution is 5.91. The number of aryl methyl sites for hydroxylation is 1. The van der Waals surface area contributed by atoms with Crippen LogP contribution in [0.25, 0.3) is 0 Å². The van der Waals surface area contributed by atoms with E-state index in [1.807, 2.05) is 30.1 Å². The molecule has 4 rings (SSSR count). The van der Waals surface area contributed by atoms with Crippen molar-refractivity contribution in [3.8, 4) is 0 Å². The van der Waals surface area contributed by atoms with Crippen molar-refractivity contribution in [2.24, 2.45) is 18.7 Å². The third-order valence-electron chi connectivity index (χ3n) is 6.85. The second-order valence-electron chi connectivity index (χ2n) is 8.90. The molecule has 176 valence electrons. The van der Waals surface area contributed by atoms with Gasteiger partial charge in [0.25, 0.3) is 5.91 Å². The summed E-state index contributed by atoms with van der Waals surface area (Å²) in [5.41, 5.74) is 6.30. The molecular formula is C24H32N6O3. The zero-order chi connectivity index (χ0) is 23.4. The molecular weight excluding hydrogens is 420 g/mol. The molecule has 2 aromatic rings. The van der Waals surface area contributed by atoms with Gasteiger partial charge in [0.2, 0.25) is 11.8 Å². The van der Waals surface area contributed by atoms with Gasteiger partial charge in [-0.15, -0.1) is 0 Å². The predicted molar refractivity (Wildman–Crippen MR) is 123 cm³/mol. The lowest BCUT2D eigenvalue weighted by atomic mass is 9.82. The van der Waals surface area contributed by atoms with Crippen molar-refractivity contribution in [2.45, 2.75) is 37.8 Å². The van der Waals surface area contributed by atoms with E-state index in [1.54, 1.807) is 29.1 Å². The van der Waals surface area contributed by atoms with Crippen molar-refractivity contribution < 1.29 is 14.4 Å². The van der Waals surface area contributed by atoms with Gasteiger partial charge in [-0.2, -0.15) is 0 Å². The number of aromatic nitrogens is 2. The summed E-state index contributed by atoms with van der Waals surface area (Å²) in [7, 11) is 1.82. The molecule has 0 bridgehead atoms. The monoisotopic (exact) mass is 452 g/mol. The van der Waals surface area contributed by atoms with Crippen LogP contribution in [-0.4, -0.2) is 69.3 Å². The van der Waals surface area contributed by atoms with E-state index in [1.165, 1.54) is 0 Å². The molecule has 1 aromatic heterocycles. The number of imidazole rings is 1. The van der Waals surface area contributed by atoms with Crippen molar-refractivity contribution in [3.05, 3.63) is 54.1 Å². The smallest absolute Gasteiger partial charge is 0.289 e. The van der Waals surface area contributed by atoms with Crippen LogP contribution >= 0.6 is 0 Å². The van der Waals surface area contributed by atoms with Gasteiger partial charge < -0.3 is 20.5 Å². The van der Waals surface area contributed by atoms with Crippen LogP contribution in [0.1, 0.15) is 47.9 Å². The highest BCUT2D eigenvalue weighted by Gasteiger charge is 2.38. The topological polar surface area (TPSA) is 114 Å². The van der Waals surface area contributed by atoms with E-state index in [4.69, 9.17) is 5.73 Å². The summed E-state index contributed by atoms with van der Waals surface area (Å²) in [6.45, 7) is 2.63. The predicted octanol–water partition coefficient (Wildman–Crippen LogP) is 1.08. The first-order valence-corrected chi connectivity index (χ1v) is 11.6. The summed E-state index contributed by atoms with van der Waals surface area (Å²) in [5, 5.41) is 2.91. The van der Waals surface area contributed by atoms with Crippen LogP contribution in [-0.2, 0) is 16.6 Å². The second-order valence-corrected chi connectivity index (χ2v) is 8.90. The zero-order valence-corrected chi connectivity index (χ0v) is 19.0. The van der Waals surface area contributed by atoms with E-state index in [-0.39, 0.29) is 23.8 Å². The average Bonchev–Trinajstić information content (AvgIpc) is 3.28. The lowest BCUT2D eigenvalue weighted by Crippen LogP contribution is -2.56. The third kappa shape index (κ3) is 5.08. The standard InChI is InChI=1S/C24H32N6O3/c1-28-12-11-26-22(28)24(33)30-15-13-29(14-16-30)19-10-6-5-9-18(19)23(32)27-20(21(25)31)17-7-3-2-4-8-17/h2-4,7-8,11-12,18-20H,5-6,9-10,13-16H2,1H3,(H2,25,31)(H,27,32)/t18-,19?,20+/m1/s1. The summed E-state index contributed by atoms with van der Waals surface area (Å²) >= 11 is 0.